The molecule has 66 valence electrons. The Labute approximate surface area is 74.8 Å². The summed E-state index contributed by atoms with van der Waals surface area (Å²) in [5.74, 6) is 0. The van der Waals surface area contributed by atoms with Gasteiger partial charge in [-0.3, -0.25) is 9.48 Å². The highest BCUT2D eigenvalue weighted by Gasteiger charge is 2.09. The number of aldehydes is 1. The first-order valence-electron chi connectivity index (χ1n) is 3.82. The summed E-state index contributed by atoms with van der Waals surface area (Å²) in [5, 5.41) is 4.15. The van der Waals surface area contributed by atoms with Crippen molar-refractivity contribution in [3.05, 3.63) is 30.4 Å². The summed E-state index contributed by atoms with van der Waals surface area (Å²) < 4.78 is 6.52. The molecule has 0 aliphatic heterocycles. The van der Waals surface area contributed by atoms with E-state index in [1.807, 2.05) is 0 Å². The van der Waals surface area contributed by atoms with E-state index in [0.29, 0.717) is 11.3 Å². The Morgan fingerprint density at radius 2 is 2.46 bits per heavy atom. The van der Waals surface area contributed by atoms with Crippen LogP contribution in [0.4, 0.5) is 0 Å². The number of carbonyl (C=O) groups excluding carboxylic acids is 1. The van der Waals surface area contributed by atoms with E-state index in [1.54, 1.807) is 36.5 Å². The summed E-state index contributed by atoms with van der Waals surface area (Å²) in [6.45, 7) is 0. The minimum Gasteiger partial charge on any atom is -0.472 e. The van der Waals surface area contributed by atoms with Crippen molar-refractivity contribution in [1.29, 1.82) is 0 Å². The SMILES string of the molecule is Cn1cc(C=O)c(-c2ccoc2)n1. The van der Waals surface area contributed by atoms with Gasteiger partial charge in [-0.05, 0) is 6.07 Å². The normalized spacial score (nSPS) is 10.2. The number of hydrogen-bond acceptors (Lipinski definition) is 3. The fraction of sp³-hybridized carbons (Fsp3) is 0.111. The van der Waals surface area contributed by atoms with Crippen molar-refractivity contribution in [3.8, 4) is 11.3 Å². The minimum atomic E-state index is 0.573. The molecule has 0 amide bonds. The number of hydrogen-bond donors (Lipinski definition) is 0. The molecule has 13 heavy (non-hydrogen) atoms. The van der Waals surface area contributed by atoms with Gasteiger partial charge in [-0.1, -0.05) is 0 Å². The average Bonchev–Trinajstić information content (AvgIpc) is 2.71. The van der Waals surface area contributed by atoms with Crippen molar-refractivity contribution in [2.45, 2.75) is 0 Å². The fourth-order valence-corrected chi connectivity index (χ4v) is 1.22. The van der Waals surface area contributed by atoms with Crippen LogP contribution in [0.2, 0.25) is 0 Å². The Balaban J connectivity index is 2.56. The largest absolute Gasteiger partial charge is 0.472 e. The first-order valence-corrected chi connectivity index (χ1v) is 3.82. The molecule has 0 N–H and O–H groups in total. The summed E-state index contributed by atoms with van der Waals surface area (Å²) in [4.78, 5) is 10.7. The smallest absolute Gasteiger partial charge is 0.153 e. The molecule has 4 nitrogen and oxygen atoms in total. The molecule has 0 saturated carbocycles. The molecule has 0 spiro atoms. The molecule has 0 aliphatic carbocycles. The predicted octanol–water partition coefficient (Wildman–Crippen LogP) is 1.49. The fourth-order valence-electron chi connectivity index (χ4n) is 1.22. The number of rotatable bonds is 2. The standard InChI is InChI=1S/C9H8N2O2/c1-11-4-8(5-12)9(10-11)7-2-3-13-6-7/h2-6H,1H3. The van der Waals surface area contributed by atoms with Gasteiger partial charge in [-0.2, -0.15) is 5.10 Å². The highest BCUT2D eigenvalue weighted by molar-refractivity contribution is 5.85. The Morgan fingerprint density at radius 3 is 3.08 bits per heavy atom. The van der Waals surface area contributed by atoms with Crippen LogP contribution >= 0.6 is 0 Å². The van der Waals surface area contributed by atoms with E-state index < -0.39 is 0 Å². The highest BCUT2D eigenvalue weighted by Crippen LogP contribution is 2.20. The number of carbonyl (C=O) groups is 1. The molecule has 4 heteroatoms. The second-order valence-electron chi connectivity index (χ2n) is 2.74. The van der Waals surface area contributed by atoms with Crippen LogP contribution in [0.5, 0.6) is 0 Å². The quantitative estimate of drug-likeness (QED) is 0.651. The molecule has 2 heterocycles. The highest BCUT2D eigenvalue weighted by atomic mass is 16.3. The molecular weight excluding hydrogens is 168 g/mol. The van der Waals surface area contributed by atoms with Gasteiger partial charge in [0.25, 0.3) is 0 Å². The third-order valence-corrected chi connectivity index (χ3v) is 1.78. The third-order valence-electron chi connectivity index (χ3n) is 1.78. The number of furan rings is 1. The summed E-state index contributed by atoms with van der Waals surface area (Å²) in [6, 6.07) is 1.77. The van der Waals surface area contributed by atoms with Gasteiger partial charge in [0.1, 0.15) is 5.69 Å². The van der Waals surface area contributed by atoms with Crippen molar-refractivity contribution in [3.63, 3.8) is 0 Å². The lowest BCUT2D eigenvalue weighted by Gasteiger charge is -1.88. The predicted molar refractivity (Wildman–Crippen MR) is 46.3 cm³/mol. The first kappa shape index (κ1) is 7.79. The van der Waals surface area contributed by atoms with Gasteiger partial charge in [0.2, 0.25) is 0 Å². The maximum absolute atomic E-state index is 10.7. The third kappa shape index (κ3) is 1.26. The van der Waals surface area contributed by atoms with E-state index in [9.17, 15) is 4.79 Å². The lowest BCUT2D eigenvalue weighted by atomic mass is 10.2. The molecule has 0 bridgehead atoms. The van der Waals surface area contributed by atoms with Crippen LogP contribution in [0.15, 0.2) is 29.2 Å². The van der Waals surface area contributed by atoms with Crippen molar-refractivity contribution >= 4 is 6.29 Å². The van der Waals surface area contributed by atoms with Crippen molar-refractivity contribution < 1.29 is 9.21 Å². The van der Waals surface area contributed by atoms with Crippen LogP contribution < -0.4 is 0 Å². The lowest BCUT2D eigenvalue weighted by molar-refractivity contribution is 0.112. The van der Waals surface area contributed by atoms with Gasteiger partial charge in [0.15, 0.2) is 6.29 Å². The molecule has 2 rings (SSSR count). The Morgan fingerprint density at radius 1 is 1.62 bits per heavy atom. The molecule has 0 saturated heterocycles. The minimum absolute atomic E-state index is 0.573. The van der Waals surface area contributed by atoms with Gasteiger partial charge >= 0.3 is 0 Å². The topological polar surface area (TPSA) is 48.0 Å². The van der Waals surface area contributed by atoms with Gasteiger partial charge in [0.05, 0.1) is 18.1 Å². The van der Waals surface area contributed by atoms with Crippen LogP contribution in [-0.4, -0.2) is 16.1 Å². The average molecular weight is 176 g/mol. The second-order valence-corrected chi connectivity index (χ2v) is 2.74. The molecule has 0 radical (unpaired) electrons. The molecular formula is C9H8N2O2. The maximum atomic E-state index is 10.7. The first-order chi connectivity index (χ1) is 6.31. The molecule has 0 fully saturated rings. The summed E-state index contributed by atoms with van der Waals surface area (Å²) in [6.07, 6.45) is 5.58. The van der Waals surface area contributed by atoms with Gasteiger partial charge in [-0.25, -0.2) is 0 Å². The Hall–Kier alpha value is -1.84. The Bertz CT molecular complexity index is 415. The zero-order valence-electron chi connectivity index (χ0n) is 7.10. The van der Waals surface area contributed by atoms with Crippen LogP contribution in [0.1, 0.15) is 10.4 Å². The number of nitrogens with zero attached hydrogens (tertiary/aromatic N) is 2. The van der Waals surface area contributed by atoms with Crippen LogP contribution in [0.3, 0.4) is 0 Å². The van der Waals surface area contributed by atoms with Crippen LogP contribution in [0, 0.1) is 0 Å². The van der Waals surface area contributed by atoms with E-state index in [2.05, 4.69) is 5.10 Å². The van der Waals surface area contributed by atoms with E-state index in [0.717, 1.165) is 11.8 Å². The zero-order chi connectivity index (χ0) is 9.26. The molecule has 2 aromatic rings. The van der Waals surface area contributed by atoms with Crippen LogP contribution in [-0.2, 0) is 7.05 Å². The maximum Gasteiger partial charge on any atom is 0.153 e. The van der Waals surface area contributed by atoms with E-state index in [4.69, 9.17) is 4.42 Å². The lowest BCUT2D eigenvalue weighted by Crippen LogP contribution is -1.86. The molecule has 0 aliphatic rings. The molecule has 0 aromatic carbocycles. The van der Waals surface area contributed by atoms with E-state index in [-0.39, 0.29) is 0 Å². The van der Waals surface area contributed by atoms with E-state index in [1.165, 1.54) is 0 Å². The summed E-state index contributed by atoms with van der Waals surface area (Å²) in [5.41, 5.74) is 2.05. The van der Waals surface area contributed by atoms with Gasteiger partial charge in [-0.15, -0.1) is 0 Å². The van der Waals surface area contributed by atoms with Gasteiger partial charge in [0, 0.05) is 18.8 Å². The van der Waals surface area contributed by atoms with Crippen molar-refractivity contribution in [1.82, 2.24) is 9.78 Å². The molecule has 2 aromatic heterocycles. The Kier molecular flexibility index (Phi) is 1.73. The molecule has 0 unspecified atom stereocenters. The number of aromatic nitrogens is 2. The zero-order valence-corrected chi connectivity index (χ0v) is 7.10. The van der Waals surface area contributed by atoms with Gasteiger partial charge < -0.3 is 4.42 Å². The number of aryl methyl sites for hydroxylation is 1. The monoisotopic (exact) mass is 176 g/mol. The van der Waals surface area contributed by atoms with Crippen molar-refractivity contribution in [2.75, 3.05) is 0 Å². The van der Waals surface area contributed by atoms with Crippen LogP contribution in [0.25, 0.3) is 11.3 Å². The molecule has 0 atom stereocenters. The second kappa shape index (κ2) is 2.90. The van der Waals surface area contributed by atoms with E-state index >= 15 is 0 Å². The summed E-state index contributed by atoms with van der Waals surface area (Å²) >= 11 is 0. The van der Waals surface area contributed by atoms with Crippen molar-refractivity contribution in [2.24, 2.45) is 7.05 Å². The summed E-state index contributed by atoms with van der Waals surface area (Å²) in [7, 11) is 1.77.